The quantitative estimate of drug-likeness (QED) is 0.748. The lowest BCUT2D eigenvalue weighted by molar-refractivity contribution is 0.102. The molecular weight excluding hydrogens is 266 g/mol. The van der Waals surface area contributed by atoms with E-state index in [4.69, 9.17) is 17.3 Å². The van der Waals surface area contributed by atoms with E-state index in [0.29, 0.717) is 5.82 Å². The largest absolute Gasteiger partial charge is 0.397 e. The van der Waals surface area contributed by atoms with Crippen molar-refractivity contribution in [3.05, 3.63) is 34.7 Å². The van der Waals surface area contributed by atoms with E-state index in [1.807, 2.05) is 0 Å². The van der Waals surface area contributed by atoms with Crippen LogP contribution in [0.5, 0.6) is 0 Å². The third kappa shape index (κ3) is 3.23. The van der Waals surface area contributed by atoms with Gasteiger partial charge in [0.15, 0.2) is 5.82 Å². The van der Waals surface area contributed by atoms with E-state index >= 15 is 0 Å². The Bertz CT molecular complexity index is 596. The van der Waals surface area contributed by atoms with Gasteiger partial charge < -0.3 is 11.1 Å². The summed E-state index contributed by atoms with van der Waals surface area (Å²) in [5, 5.41) is 9.73. The van der Waals surface area contributed by atoms with Crippen LogP contribution in [0.4, 0.5) is 11.5 Å². The van der Waals surface area contributed by atoms with Gasteiger partial charge in [-0.15, -0.1) is 0 Å². The van der Waals surface area contributed by atoms with Gasteiger partial charge in [-0.3, -0.25) is 9.89 Å². The lowest BCUT2D eigenvalue weighted by Crippen LogP contribution is -2.14. The minimum Gasteiger partial charge on any atom is -0.397 e. The predicted molar refractivity (Wildman–Crippen MR) is 74.2 cm³/mol. The maximum Gasteiger partial charge on any atom is 0.259 e. The molecule has 2 aromatic rings. The van der Waals surface area contributed by atoms with Crippen molar-refractivity contribution in [3.8, 4) is 0 Å². The topological polar surface area (TPSA) is 96.7 Å². The number of amides is 1. The minimum atomic E-state index is -0.364. The molecule has 0 fully saturated rings. The molecule has 0 saturated heterocycles. The molecular formula is C12H14ClN5O. The smallest absolute Gasteiger partial charge is 0.259 e. The van der Waals surface area contributed by atoms with E-state index in [0.717, 1.165) is 18.5 Å². The molecule has 7 heteroatoms. The summed E-state index contributed by atoms with van der Waals surface area (Å²) in [6.45, 7) is 2.07. The molecule has 0 aliphatic rings. The second-order valence-electron chi connectivity index (χ2n) is 4.08. The maximum atomic E-state index is 12.0. The average molecular weight is 280 g/mol. The highest BCUT2D eigenvalue weighted by Gasteiger charge is 2.12. The van der Waals surface area contributed by atoms with Crippen molar-refractivity contribution in [2.24, 2.45) is 0 Å². The SMILES string of the molecule is CCCc1cc(NC(=O)c2cc(Cl)ncc2N)n[nH]1. The van der Waals surface area contributed by atoms with Crippen LogP contribution >= 0.6 is 11.6 Å². The molecule has 0 aromatic carbocycles. The number of pyridine rings is 1. The van der Waals surface area contributed by atoms with Crippen LogP contribution in [0.15, 0.2) is 18.3 Å². The minimum absolute atomic E-state index is 0.216. The fourth-order valence-corrected chi connectivity index (χ4v) is 1.80. The van der Waals surface area contributed by atoms with Gasteiger partial charge in [0.25, 0.3) is 5.91 Å². The third-order valence-corrected chi connectivity index (χ3v) is 2.74. The van der Waals surface area contributed by atoms with Gasteiger partial charge in [-0.1, -0.05) is 24.9 Å². The molecule has 0 saturated carbocycles. The Labute approximate surface area is 115 Å². The molecule has 0 radical (unpaired) electrons. The van der Waals surface area contributed by atoms with Gasteiger partial charge in [-0.05, 0) is 12.5 Å². The summed E-state index contributed by atoms with van der Waals surface area (Å²) in [5.74, 6) is 0.0946. The molecule has 2 heterocycles. The van der Waals surface area contributed by atoms with E-state index < -0.39 is 0 Å². The highest BCUT2D eigenvalue weighted by molar-refractivity contribution is 6.30. The standard InChI is InChI=1S/C12H14ClN5O/c1-2-3-7-4-11(18-17-7)16-12(19)8-5-10(13)15-6-9(8)14/h4-6H,2-3,14H2,1H3,(H2,16,17,18,19). The molecule has 1 amide bonds. The first-order valence-electron chi connectivity index (χ1n) is 5.86. The van der Waals surface area contributed by atoms with Crippen LogP contribution in [0, 0.1) is 0 Å². The van der Waals surface area contributed by atoms with Crippen molar-refractivity contribution in [3.63, 3.8) is 0 Å². The molecule has 100 valence electrons. The Morgan fingerprint density at radius 1 is 1.53 bits per heavy atom. The van der Waals surface area contributed by atoms with Crippen molar-refractivity contribution in [1.82, 2.24) is 15.2 Å². The number of aromatic nitrogens is 3. The van der Waals surface area contributed by atoms with Gasteiger partial charge >= 0.3 is 0 Å². The van der Waals surface area contributed by atoms with Gasteiger partial charge in [0.2, 0.25) is 0 Å². The van der Waals surface area contributed by atoms with Gasteiger partial charge in [0, 0.05) is 11.8 Å². The van der Waals surface area contributed by atoms with Crippen LogP contribution in [0.25, 0.3) is 0 Å². The number of nitrogen functional groups attached to an aromatic ring is 1. The number of aromatic amines is 1. The summed E-state index contributed by atoms with van der Waals surface area (Å²) in [4.78, 5) is 15.8. The number of nitrogens with one attached hydrogen (secondary N) is 2. The predicted octanol–water partition coefficient (Wildman–Crippen LogP) is 2.25. The van der Waals surface area contributed by atoms with E-state index in [1.165, 1.54) is 12.3 Å². The number of carbonyl (C=O) groups excluding carboxylic acids is 1. The number of hydrogen-bond acceptors (Lipinski definition) is 4. The van der Waals surface area contributed by atoms with E-state index in [1.54, 1.807) is 6.07 Å². The third-order valence-electron chi connectivity index (χ3n) is 2.54. The van der Waals surface area contributed by atoms with Crippen molar-refractivity contribution >= 4 is 29.0 Å². The summed E-state index contributed by atoms with van der Waals surface area (Å²) in [6.07, 6.45) is 3.24. The van der Waals surface area contributed by atoms with Crippen LogP contribution in [-0.2, 0) is 6.42 Å². The number of nitrogens with zero attached hydrogens (tertiary/aromatic N) is 2. The van der Waals surface area contributed by atoms with E-state index in [-0.39, 0.29) is 22.3 Å². The van der Waals surface area contributed by atoms with Crippen molar-refractivity contribution in [2.45, 2.75) is 19.8 Å². The Balaban J connectivity index is 2.13. The lowest BCUT2D eigenvalue weighted by atomic mass is 10.2. The molecule has 2 rings (SSSR count). The summed E-state index contributed by atoms with van der Waals surface area (Å²) in [7, 11) is 0. The molecule has 0 unspecified atom stereocenters. The molecule has 0 atom stereocenters. The second-order valence-corrected chi connectivity index (χ2v) is 4.46. The Morgan fingerprint density at radius 2 is 2.32 bits per heavy atom. The van der Waals surface area contributed by atoms with Crippen LogP contribution in [0.1, 0.15) is 29.4 Å². The molecule has 0 spiro atoms. The van der Waals surface area contributed by atoms with Crippen LogP contribution in [0.2, 0.25) is 5.15 Å². The van der Waals surface area contributed by atoms with E-state index in [2.05, 4.69) is 27.4 Å². The van der Waals surface area contributed by atoms with Crippen molar-refractivity contribution in [1.29, 1.82) is 0 Å². The Kier molecular flexibility index (Phi) is 4.01. The normalized spacial score (nSPS) is 10.4. The summed E-state index contributed by atoms with van der Waals surface area (Å²) in [5.41, 5.74) is 7.21. The molecule has 4 N–H and O–H groups in total. The van der Waals surface area contributed by atoms with Gasteiger partial charge in [-0.25, -0.2) is 4.98 Å². The Morgan fingerprint density at radius 3 is 3.05 bits per heavy atom. The van der Waals surface area contributed by atoms with Crippen LogP contribution in [0.3, 0.4) is 0 Å². The number of nitrogens with two attached hydrogens (primary N) is 1. The van der Waals surface area contributed by atoms with Crippen molar-refractivity contribution in [2.75, 3.05) is 11.1 Å². The monoisotopic (exact) mass is 279 g/mol. The number of halogens is 1. The number of carbonyl (C=O) groups is 1. The van der Waals surface area contributed by atoms with Gasteiger partial charge in [-0.2, -0.15) is 5.10 Å². The zero-order valence-corrected chi connectivity index (χ0v) is 11.2. The number of rotatable bonds is 4. The number of anilines is 2. The number of H-pyrrole nitrogens is 1. The zero-order valence-electron chi connectivity index (χ0n) is 10.4. The first kappa shape index (κ1) is 13.4. The van der Waals surface area contributed by atoms with Crippen molar-refractivity contribution < 1.29 is 4.79 Å². The lowest BCUT2D eigenvalue weighted by Gasteiger charge is -2.04. The highest BCUT2D eigenvalue weighted by atomic mass is 35.5. The first-order valence-corrected chi connectivity index (χ1v) is 6.24. The molecule has 0 aliphatic heterocycles. The molecule has 0 bridgehead atoms. The molecule has 19 heavy (non-hydrogen) atoms. The summed E-state index contributed by atoms with van der Waals surface area (Å²) >= 11 is 5.74. The maximum absolute atomic E-state index is 12.0. The summed E-state index contributed by atoms with van der Waals surface area (Å²) < 4.78 is 0. The Hall–Kier alpha value is -2.08. The fraction of sp³-hybridized carbons (Fsp3) is 0.250. The molecule has 2 aromatic heterocycles. The van der Waals surface area contributed by atoms with Gasteiger partial charge in [0.05, 0.1) is 17.4 Å². The first-order chi connectivity index (χ1) is 9.10. The number of aryl methyl sites for hydroxylation is 1. The average Bonchev–Trinajstić information content (AvgIpc) is 2.80. The van der Waals surface area contributed by atoms with Gasteiger partial charge in [0.1, 0.15) is 5.15 Å². The number of hydrogen-bond donors (Lipinski definition) is 3. The second kappa shape index (κ2) is 5.71. The van der Waals surface area contributed by atoms with Crippen LogP contribution in [-0.4, -0.2) is 21.1 Å². The fourth-order valence-electron chi connectivity index (χ4n) is 1.64. The van der Waals surface area contributed by atoms with E-state index in [9.17, 15) is 4.79 Å². The van der Waals surface area contributed by atoms with Crippen LogP contribution < -0.4 is 11.1 Å². The summed E-state index contributed by atoms with van der Waals surface area (Å²) in [6, 6.07) is 3.21. The molecule has 6 nitrogen and oxygen atoms in total. The highest BCUT2D eigenvalue weighted by Crippen LogP contribution is 2.17. The molecule has 0 aliphatic carbocycles. The zero-order chi connectivity index (χ0) is 13.8.